The summed E-state index contributed by atoms with van der Waals surface area (Å²) in [5.74, 6) is -0.503. The van der Waals surface area contributed by atoms with E-state index in [9.17, 15) is 14.4 Å². The van der Waals surface area contributed by atoms with Gasteiger partial charge in [-0.1, -0.05) is 18.2 Å². The van der Waals surface area contributed by atoms with E-state index in [1.54, 1.807) is 31.0 Å². The van der Waals surface area contributed by atoms with Gasteiger partial charge >= 0.3 is 5.97 Å². The number of carbonyl (C=O) groups is 3. The molecule has 0 radical (unpaired) electrons. The van der Waals surface area contributed by atoms with E-state index >= 15 is 0 Å². The lowest BCUT2D eigenvalue weighted by Crippen LogP contribution is -2.34. The van der Waals surface area contributed by atoms with Gasteiger partial charge in [0.15, 0.2) is 0 Å². The van der Waals surface area contributed by atoms with Crippen molar-refractivity contribution in [3.63, 3.8) is 0 Å². The van der Waals surface area contributed by atoms with Crippen LogP contribution in [0.4, 0.5) is 4.79 Å². The van der Waals surface area contributed by atoms with E-state index in [0.29, 0.717) is 17.0 Å². The number of halogens is 1. The zero-order valence-electron chi connectivity index (χ0n) is 18.4. The molecular formula is C24H20BrN3O5S. The van der Waals surface area contributed by atoms with Gasteiger partial charge in [0, 0.05) is 17.3 Å². The molecule has 1 fully saturated rings. The van der Waals surface area contributed by atoms with Crippen LogP contribution in [0, 0.1) is 0 Å². The Balaban J connectivity index is 1.75. The average Bonchev–Trinajstić information content (AvgIpc) is 3.36. The quantitative estimate of drug-likeness (QED) is 0.310. The number of hydrogen-bond acceptors (Lipinski definition) is 7. The Morgan fingerprint density at radius 2 is 1.94 bits per heavy atom. The van der Waals surface area contributed by atoms with Gasteiger partial charge < -0.3 is 9.47 Å². The predicted molar refractivity (Wildman–Crippen MR) is 133 cm³/mol. The van der Waals surface area contributed by atoms with Crippen LogP contribution in [0.2, 0.25) is 0 Å². The van der Waals surface area contributed by atoms with Gasteiger partial charge in [0.2, 0.25) is 0 Å². The summed E-state index contributed by atoms with van der Waals surface area (Å²) in [6.45, 7) is 1.41. The summed E-state index contributed by atoms with van der Waals surface area (Å²) in [6.07, 6.45) is 3.41. The number of esters is 1. The maximum Gasteiger partial charge on any atom is 0.326 e. The van der Waals surface area contributed by atoms with E-state index < -0.39 is 23.7 Å². The Labute approximate surface area is 208 Å². The fourth-order valence-electron chi connectivity index (χ4n) is 3.36. The average molecular weight is 542 g/mol. The van der Waals surface area contributed by atoms with Crippen LogP contribution in [0.3, 0.4) is 0 Å². The molecule has 1 saturated heterocycles. The molecule has 0 N–H and O–H groups in total. The van der Waals surface area contributed by atoms with Gasteiger partial charge in [-0.25, -0.2) is 4.68 Å². The Bertz CT molecular complexity index is 1290. The first-order valence-corrected chi connectivity index (χ1v) is 11.9. The van der Waals surface area contributed by atoms with Gasteiger partial charge in [0.1, 0.15) is 18.0 Å². The van der Waals surface area contributed by atoms with Crippen molar-refractivity contribution in [2.75, 3.05) is 20.3 Å². The number of para-hydroxylation sites is 1. The van der Waals surface area contributed by atoms with Crippen molar-refractivity contribution in [3.8, 4) is 22.7 Å². The minimum absolute atomic E-state index is 0.171. The van der Waals surface area contributed by atoms with E-state index in [1.165, 1.54) is 0 Å². The number of methoxy groups -OCH3 is 1. The Hall–Kier alpha value is -3.37. The molecule has 2 amide bonds. The molecule has 0 unspecified atom stereocenters. The summed E-state index contributed by atoms with van der Waals surface area (Å²) in [5, 5.41) is 4.22. The molecule has 2 heterocycles. The fourth-order valence-corrected chi connectivity index (χ4v) is 4.73. The van der Waals surface area contributed by atoms with Gasteiger partial charge in [-0.15, -0.1) is 0 Å². The third-order valence-corrected chi connectivity index (χ3v) is 6.47. The molecule has 0 atom stereocenters. The number of rotatable bonds is 7. The van der Waals surface area contributed by atoms with Crippen LogP contribution in [-0.4, -0.2) is 52.1 Å². The van der Waals surface area contributed by atoms with Gasteiger partial charge in [-0.2, -0.15) is 5.10 Å². The number of nitrogens with zero attached hydrogens (tertiary/aromatic N) is 3. The summed E-state index contributed by atoms with van der Waals surface area (Å²) < 4.78 is 12.7. The summed E-state index contributed by atoms with van der Waals surface area (Å²) in [7, 11) is 1.59. The molecular weight excluding hydrogens is 522 g/mol. The van der Waals surface area contributed by atoms with Gasteiger partial charge in [-0.05, 0) is 71.0 Å². The summed E-state index contributed by atoms with van der Waals surface area (Å²) in [6, 6.07) is 15.1. The van der Waals surface area contributed by atoms with E-state index in [-0.39, 0.29) is 11.5 Å². The van der Waals surface area contributed by atoms with E-state index in [1.807, 2.05) is 48.5 Å². The maximum absolute atomic E-state index is 12.9. The van der Waals surface area contributed by atoms with Crippen molar-refractivity contribution in [2.24, 2.45) is 0 Å². The highest BCUT2D eigenvalue weighted by Crippen LogP contribution is 2.36. The second-order valence-corrected chi connectivity index (χ2v) is 8.98. The van der Waals surface area contributed by atoms with Crippen molar-refractivity contribution in [1.29, 1.82) is 0 Å². The van der Waals surface area contributed by atoms with Crippen molar-refractivity contribution >= 4 is 50.9 Å². The van der Waals surface area contributed by atoms with Crippen molar-refractivity contribution in [1.82, 2.24) is 14.7 Å². The van der Waals surface area contributed by atoms with Crippen LogP contribution in [0.15, 0.2) is 64.1 Å². The maximum atomic E-state index is 12.9. The second-order valence-electron chi connectivity index (χ2n) is 7.14. The molecule has 10 heteroatoms. The monoisotopic (exact) mass is 541 g/mol. The molecule has 0 aliphatic carbocycles. The molecule has 0 bridgehead atoms. The van der Waals surface area contributed by atoms with E-state index in [2.05, 4.69) is 15.9 Å². The van der Waals surface area contributed by atoms with Crippen LogP contribution in [0.5, 0.6) is 5.75 Å². The van der Waals surface area contributed by atoms with Crippen LogP contribution in [0.25, 0.3) is 23.0 Å². The fraction of sp³-hybridized carbons (Fsp3) is 0.167. The van der Waals surface area contributed by atoms with E-state index in [4.69, 9.17) is 14.6 Å². The Morgan fingerprint density at radius 1 is 1.18 bits per heavy atom. The predicted octanol–water partition coefficient (Wildman–Crippen LogP) is 4.91. The van der Waals surface area contributed by atoms with Gasteiger partial charge in [0.05, 0.1) is 28.8 Å². The first-order chi connectivity index (χ1) is 16.4. The minimum atomic E-state index is -0.633. The van der Waals surface area contributed by atoms with Gasteiger partial charge in [0.25, 0.3) is 11.1 Å². The molecule has 2 aromatic carbocycles. The van der Waals surface area contributed by atoms with Gasteiger partial charge in [-0.3, -0.25) is 19.3 Å². The molecule has 1 aromatic heterocycles. The highest BCUT2D eigenvalue weighted by molar-refractivity contribution is 9.10. The molecule has 0 saturated carbocycles. The number of imide groups is 1. The van der Waals surface area contributed by atoms with Crippen LogP contribution in [-0.2, 0) is 14.3 Å². The van der Waals surface area contributed by atoms with Crippen LogP contribution >= 0.6 is 27.7 Å². The number of amides is 2. The van der Waals surface area contributed by atoms with Crippen molar-refractivity contribution < 1.29 is 23.9 Å². The molecule has 3 aromatic rings. The number of carbonyl (C=O) groups excluding carboxylic acids is 3. The first-order valence-electron chi connectivity index (χ1n) is 10.3. The SMILES string of the molecule is CCOC(=O)CN1C(=O)S/C(=C\c2cn(-c3ccccc3)nc2-c2ccc(OC)c(Br)c2)C1=O. The summed E-state index contributed by atoms with van der Waals surface area (Å²) in [5.41, 5.74) is 2.89. The van der Waals surface area contributed by atoms with Crippen molar-refractivity contribution in [3.05, 3.63) is 69.7 Å². The molecule has 34 heavy (non-hydrogen) atoms. The summed E-state index contributed by atoms with van der Waals surface area (Å²) in [4.78, 5) is 38.2. The highest BCUT2D eigenvalue weighted by atomic mass is 79.9. The molecule has 1 aliphatic rings. The Kier molecular flexibility index (Phi) is 7.18. The zero-order valence-corrected chi connectivity index (χ0v) is 20.8. The number of hydrogen-bond donors (Lipinski definition) is 0. The van der Waals surface area contributed by atoms with E-state index in [0.717, 1.165) is 32.4 Å². The number of aromatic nitrogens is 2. The molecule has 8 nitrogen and oxygen atoms in total. The molecule has 4 rings (SSSR count). The minimum Gasteiger partial charge on any atom is -0.496 e. The third-order valence-electron chi connectivity index (χ3n) is 4.94. The first kappa shape index (κ1) is 23.8. The smallest absolute Gasteiger partial charge is 0.326 e. The van der Waals surface area contributed by atoms with Crippen LogP contribution < -0.4 is 4.74 Å². The lowest BCUT2D eigenvalue weighted by molar-refractivity contribution is -0.145. The number of ether oxygens (including phenoxy) is 2. The number of benzene rings is 2. The summed E-state index contributed by atoms with van der Waals surface area (Å²) >= 11 is 4.28. The largest absolute Gasteiger partial charge is 0.496 e. The third kappa shape index (κ3) is 4.92. The molecule has 174 valence electrons. The normalized spacial score (nSPS) is 14.7. The zero-order chi connectivity index (χ0) is 24.2. The van der Waals surface area contributed by atoms with Crippen LogP contribution in [0.1, 0.15) is 12.5 Å². The topological polar surface area (TPSA) is 90.7 Å². The second kappa shape index (κ2) is 10.3. The lowest BCUT2D eigenvalue weighted by Gasteiger charge is -2.10. The van der Waals surface area contributed by atoms with Crippen molar-refractivity contribution in [2.45, 2.75) is 6.92 Å². The lowest BCUT2D eigenvalue weighted by atomic mass is 10.1. The standard InChI is InChI=1S/C24H20BrN3O5S/c1-3-33-21(29)14-27-23(30)20(34-24(27)31)12-16-13-28(17-7-5-4-6-8-17)26-22(16)15-9-10-19(32-2)18(25)11-15/h4-13H,3,14H2,1-2H3/b20-12-. The number of thioether (sulfide) groups is 1. The Morgan fingerprint density at radius 3 is 2.62 bits per heavy atom. The molecule has 1 aliphatic heterocycles. The highest BCUT2D eigenvalue weighted by Gasteiger charge is 2.37. The molecule has 0 spiro atoms.